The van der Waals surface area contributed by atoms with Gasteiger partial charge in [-0.05, 0) is 18.6 Å². The van der Waals surface area contributed by atoms with Crippen LogP contribution in [0.2, 0.25) is 10.0 Å². The first kappa shape index (κ1) is 20.7. The van der Waals surface area contributed by atoms with Gasteiger partial charge in [0.05, 0.1) is 22.3 Å². The number of ether oxygens (including phenoxy) is 1. The molecular formula is C16H18Cl2F2N4OS. The van der Waals surface area contributed by atoms with E-state index in [9.17, 15) is 8.78 Å². The van der Waals surface area contributed by atoms with Crippen molar-refractivity contribution < 1.29 is 13.5 Å². The highest BCUT2D eigenvalue weighted by Crippen LogP contribution is 2.33. The Balaban J connectivity index is 2.01. The van der Waals surface area contributed by atoms with E-state index in [0.29, 0.717) is 23.1 Å². The molecule has 0 bridgehead atoms. The molecule has 0 radical (unpaired) electrons. The zero-order chi connectivity index (χ0) is 19.1. The van der Waals surface area contributed by atoms with Gasteiger partial charge in [0, 0.05) is 29.6 Å². The lowest BCUT2D eigenvalue weighted by Crippen LogP contribution is -2.36. The van der Waals surface area contributed by atoms with Gasteiger partial charge in [-0.2, -0.15) is 8.78 Å². The molecule has 0 saturated carbocycles. The Morgan fingerprint density at radius 1 is 1.31 bits per heavy atom. The summed E-state index contributed by atoms with van der Waals surface area (Å²) in [5.74, 6) is 0.372. The molecule has 2 aromatic rings. The average molecular weight is 423 g/mol. The molecule has 10 heteroatoms. The van der Waals surface area contributed by atoms with Gasteiger partial charge in [-0.3, -0.25) is 4.99 Å². The highest BCUT2D eigenvalue weighted by Gasteiger charge is 2.15. The minimum absolute atomic E-state index is 0.0205. The van der Waals surface area contributed by atoms with Gasteiger partial charge in [-0.15, -0.1) is 11.3 Å². The average Bonchev–Trinajstić information content (AvgIpc) is 3.05. The van der Waals surface area contributed by atoms with Gasteiger partial charge < -0.3 is 15.4 Å². The van der Waals surface area contributed by atoms with Crippen molar-refractivity contribution >= 4 is 40.5 Å². The van der Waals surface area contributed by atoms with Crippen LogP contribution in [0.3, 0.4) is 0 Å². The number of alkyl halides is 2. The number of hydrogen-bond donors (Lipinski definition) is 2. The van der Waals surface area contributed by atoms with E-state index in [4.69, 9.17) is 23.2 Å². The lowest BCUT2D eigenvalue weighted by molar-refractivity contribution is -0.0504. The molecule has 0 atom stereocenters. The number of halogens is 4. The molecule has 1 heterocycles. The summed E-state index contributed by atoms with van der Waals surface area (Å²) in [6.45, 7) is -0.292. The maximum absolute atomic E-state index is 12.6. The van der Waals surface area contributed by atoms with Crippen LogP contribution >= 0.6 is 34.5 Å². The van der Waals surface area contributed by atoms with Crippen LogP contribution in [0.5, 0.6) is 5.75 Å². The van der Waals surface area contributed by atoms with E-state index in [1.165, 1.54) is 12.1 Å². The smallest absolute Gasteiger partial charge is 0.387 e. The van der Waals surface area contributed by atoms with E-state index >= 15 is 0 Å². The summed E-state index contributed by atoms with van der Waals surface area (Å²) in [4.78, 5) is 8.55. The normalized spacial score (nSPS) is 11.7. The first-order chi connectivity index (χ1) is 12.4. The lowest BCUT2D eigenvalue weighted by Gasteiger charge is -2.15. The molecule has 2 N–H and O–H groups in total. The Labute approximate surface area is 164 Å². The van der Waals surface area contributed by atoms with Crippen molar-refractivity contribution in [3.63, 3.8) is 0 Å². The Morgan fingerprint density at radius 2 is 2.04 bits per heavy atom. The number of benzene rings is 1. The molecular weight excluding hydrogens is 405 g/mol. The zero-order valence-electron chi connectivity index (χ0n) is 14.2. The van der Waals surface area contributed by atoms with E-state index in [0.717, 1.165) is 17.1 Å². The van der Waals surface area contributed by atoms with Gasteiger partial charge in [0.1, 0.15) is 5.75 Å². The third-order valence-electron chi connectivity index (χ3n) is 3.30. The monoisotopic (exact) mass is 422 g/mol. The molecule has 0 aliphatic rings. The number of aryl methyl sites for hydroxylation is 1. The molecule has 0 aliphatic heterocycles. The van der Waals surface area contributed by atoms with Gasteiger partial charge in [0.25, 0.3) is 0 Å². The summed E-state index contributed by atoms with van der Waals surface area (Å²) in [5.41, 5.74) is 1.30. The topological polar surface area (TPSA) is 58.5 Å². The Bertz CT molecular complexity index is 771. The minimum atomic E-state index is -2.98. The molecule has 0 unspecified atom stereocenters. The number of aliphatic imine (C=N–C) groups is 1. The standard InChI is InChI=1S/C16H18Cl2F2N4OS/c1-3-13-24-11(8-26-13)7-23-16(21-2)22-6-9-4-10(17)5-12(18)14(9)25-15(19)20/h4-5,8,15H,3,6-7H2,1-2H3,(H2,21,22,23). The molecule has 0 aliphatic carbocycles. The maximum Gasteiger partial charge on any atom is 0.387 e. The van der Waals surface area contributed by atoms with Crippen molar-refractivity contribution in [2.24, 2.45) is 4.99 Å². The molecule has 0 amide bonds. The van der Waals surface area contributed by atoms with Gasteiger partial charge in [0.15, 0.2) is 5.96 Å². The van der Waals surface area contributed by atoms with E-state index in [1.54, 1.807) is 18.4 Å². The molecule has 142 valence electrons. The van der Waals surface area contributed by atoms with Crippen LogP contribution in [0.25, 0.3) is 0 Å². The van der Waals surface area contributed by atoms with Crippen molar-refractivity contribution in [1.29, 1.82) is 0 Å². The fraction of sp³-hybridized carbons (Fsp3) is 0.375. The molecule has 1 aromatic carbocycles. The fourth-order valence-corrected chi connectivity index (χ4v) is 3.46. The van der Waals surface area contributed by atoms with E-state index in [2.05, 4.69) is 25.3 Å². The number of rotatable bonds is 7. The van der Waals surface area contributed by atoms with Crippen LogP contribution in [0.4, 0.5) is 8.78 Å². The summed E-state index contributed by atoms with van der Waals surface area (Å²) in [6, 6.07) is 2.87. The van der Waals surface area contributed by atoms with Crippen molar-refractivity contribution in [1.82, 2.24) is 15.6 Å². The number of hydrogen-bond acceptors (Lipinski definition) is 4. The highest BCUT2D eigenvalue weighted by molar-refractivity contribution is 7.09. The van der Waals surface area contributed by atoms with Crippen LogP contribution in [0, 0.1) is 0 Å². The maximum atomic E-state index is 12.6. The molecule has 0 saturated heterocycles. The summed E-state index contributed by atoms with van der Waals surface area (Å²) in [5, 5.41) is 9.51. The Morgan fingerprint density at radius 3 is 2.65 bits per heavy atom. The summed E-state index contributed by atoms with van der Waals surface area (Å²) < 4.78 is 29.7. The highest BCUT2D eigenvalue weighted by atomic mass is 35.5. The molecule has 0 fully saturated rings. The number of thiazole rings is 1. The SMILES string of the molecule is CCc1nc(CNC(=NC)NCc2cc(Cl)cc(Cl)c2OC(F)F)cs1. The predicted molar refractivity (Wildman–Crippen MR) is 102 cm³/mol. The van der Waals surface area contributed by atoms with Crippen molar-refractivity contribution in [2.45, 2.75) is 33.0 Å². The van der Waals surface area contributed by atoms with Crippen LogP contribution < -0.4 is 15.4 Å². The number of aromatic nitrogens is 1. The van der Waals surface area contributed by atoms with Gasteiger partial charge >= 0.3 is 6.61 Å². The van der Waals surface area contributed by atoms with Crippen LogP contribution in [0.1, 0.15) is 23.2 Å². The van der Waals surface area contributed by atoms with Gasteiger partial charge in [-0.25, -0.2) is 4.98 Å². The first-order valence-corrected chi connectivity index (χ1v) is 9.37. The van der Waals surface area contributed by atoms with Crippen LogP contribution in [0.15, 0.2) is 22.5 Å². The summed E-state index contributed by atoms with van der Waals surface area (Å²) >= 11 is 13.5. The van der Waals surface area contributed by atoms with E-state index < -0.39 is 6.61 Å². The van der Waals surface area contributed by atoms with E-state index in [1.807, 2.05) is 12.3 Å². The number of guanidine groups is 1. The van der Waals surface area contributed by atoms with Crippen molar-refractivity contribution in [2.75, 3.05) is 7.05 Å². The van der Waals surface area contributed by atoms with Gasteiger partial charge in [0.2, 0.25) is 0 Å². The van der Waals surface area contributed by atoms with Crippen molar-refractivity contribution in [3.05, 3.63) is 43.8 Å². The Hall–Kier alpha value is -1.64. The second kappa shape index (κ2) is 9.89. The predicted octanol–water partition coefficient (Wildman–Crippen LogP) is 4.48. The van der Waals surface area contributed by atoms with Gasteiger partial charge in [-0.1, -0.05) is 30.1 Å². The molecule has 5 nitrogen and oxygen atoms in total. The third-order valence-corrected chi connectivity index (χ3v) is 4.84. The second-order valence-corrected chi connectivity index (χ2v) is 6.91. The number of nitrogens with zero attached hydrogens (tertiary/aromatic N) is 2. The summed E-state index contributed by atoms with van der Waals surface area (Å²) in [7, 11) is 1.61. The second-order valence-electron chi connectivity index (χ2n) is 5.12. The number of nitrogens with one attached hydrogen (secondary N) is 2. The van der Waals surface area contributed by atoms with Crippen LogP contribution in [-0.4, -0.2) is 24.6 Å². The third kappa shape index (κ3) is 5.96. The quantitative estimate of drug-likeness (QED) is 0.510. The first-order valence-electron chi connectivity index (χ1n) is 7.73. The largest absolute Gasteiger partial charge is 0.433 e. The molecule has 2 rings (SSSR count). The summed E-state index contributed by atoms with van der Waals surface area (Å²) in [6.07, 6.45) is 0.889. The fourth-order valence-electron chi connectivity index (χ4n) is 2.13. The Kier molecular flexibility index (Phi) is 7.86. The van der Waals surface area contributed by atoms with E-state index in [-0.39, 0.29) is 17.3 Å². The minimum Gasteiger partial charge on any atom is -0.433 e. The zero-order valence-corrected chi connectivity index (χ0v) is 16.5. The van der Waals surface area contributed by atoms with Crippen molar-refractivity contribution in [3.8, 4) is 5.75 Å². The molecule has 26 heavy (non-hydrogen) atoms. The molecule has 1 aromatic heterocycles. The lowest BCUT2D eigenvalue weighted by atomic mass is 10.2. The van der Waals surface area contributed by atoms with Crippen LogP contribution in [-0.2, 0) is 19.5 Å². The molecule has 0 spiro atoms.